The first-order valence-electron chi connectivity index (χ1n) is 6.84. The first-order valence-corrected chi connectivity index (χ1v) is 6.84. The Morgan fingerprint density at radius 1 is 1.32 bits per heavy atom. The van der Waals surface area contributed by atoms with E-state index in [0.29, 0.717) is 12.6 Å². The van der Waals surface area contributed by atoms with Gasteiger partial charge in [0.2, 0.25) is 5.91 Å². The number of amides is 1. The maximum atomic E-state index is 12.9. The van der Waals surface area contributed by atoms with Crippen LogP contribution in [0.4, 0.5) is 4.39 Å². The number of hydrogen-bond acceptors (Lipinski definition) is 2. The molecule has 1 amide bonds. The molecule has 1 aliphatic rings. The van der Waals surface area contributed by atoms with E-state index in [2.05, 4.69) is 10.6 Å². The third-order valence-electron chi connectivity index (χ3n) is 3.34. The van der Waals surface area contributed by atoms with E-state index in [0.717, 1.165) is 5.56 Å². The number of nitrogens with one attached hydrogen (secondary N) is 2. The molecule has 1 aromatic rings. The molecule has 1 aliphatic carbocycles. The summed E-state index contributed by atoms with van der Waals surface area (Å²) < 4.78 is 12.9. The quantitative estimate of drug-likeness (QED) is 0.828. The van der Waals surface area contributed by atoms with Gasteiger partial charge in [-0.2, -0.15) is 0 Å². The molecule has 0 spiro atoms. The van der Waals surface area contributed by atoms with Crippen LogP contribution in [-0.4, -0.2) is 18.5 Å². The number of rotatable bonds is 6. The number of carbonyl (C=O) groups is 1. The Morgan fingerprint density at radius 3 is 2.47 bits per heavy atom. The van der Waals surface area contributed by atoms with Crippen molar-refractivity contribution in [3.63, 3.8) is 0 Å². The lowest BCUT2D eigenvalue weighted by Crippen LogP contribution is -2.38. The van der Waals surface area contributed by atoms with Crippen LogP contribution >= 0.6 is 0 Å². The Kier molecular flexibility index (Phi) is 4.53. The molecule has 1 fully saturated rings. The second-order valence-electron chi connectivity index (χ2n) is 5.50. The van der Waals surface area contributed by atoms with Gasteiger partial charge in [-0.05, 0) is 36.5 Å². The van der Waals surface area contributed by atoms with Gasteiger partial charge in [0.1, 0.15) is 5.82 Å². The highest BCUT2D eigenvalue weighted by Crippen LogP contribution is 2.22. The topological polar surface area (TPSA) is 41.1 Å². The van der Waals surface area contributed by atoms with Crippen LogP contribution < -0.4 is 10.6 Å². The van der Waals surface area contributed by atoms with Crippen molar-refractivity contribution in [2.45, 2.75) is 38.8 Å². The van der Waals surface area contributed by atoms with Gasteiger partial charge in [0.05, 0.1) is 12.6 Å². The fourth-order valence-corrected chi connectivity index (χ4v) is 2.05. The summed E-state index contributed by atoms with van der Waals surface area (Å²) in [7, 11) is 0. The molecule has 0 saturated heterocycles. The van der Waals surface area contributed by atoms with Gasteiger partial charge >= 0.3 is 0 Å². The van der Waals surface area contributed by atoms with E-state index in [1.54, 1.807) is 12.1 Å². The van der Waals surface area contributed by atoms with Crippen molar-refractivity contribution in [1.82, 2.24) is 10.6 Å². The minimum absolute atomic E-state index is 0.00470. The van der Waals surface area contributed by atoms with Crippen molar-refractivity contribution in [3.8, 4) is 0 Å². The summed E-state index contributed by atoms with van der Waals surface area (Å²) in [6.07, 6.45) is 2.33. The SMILES string of the molecule is CC(C)C(NC(=O)CNC1CC1)c1ccc(F)cc1. The van der Waals surface area contributed by atoms with E-state index in [1.165, 1.54) is 25.0 Å². The predicted molar refractivity (Wildman–Crippen MR) is 73.1 cm³/mol. The Bertz CT molecular complexity index is 426. The Hall–Kier alpha value is -1.42. The first-order chi connectivity index (χ1) is 9.06. The molecule has 0 radical (unpaired) electrons. The van der Waals surface area contributed by atoms with Gasteiger partial charge in [0.15, 0.2) is 0 Å². The Labute approximate surface area is 113 Å². The molecule has 0 heterocycles. The average molecular weight is 264 g/mol. The van der Waals surface area contributed by atoms with Gasteiger partial charge in [-0.3, -0.25) is 4.79 Å². The Balaban J connectivity index is 1.94. The summed E-state index contributed by atoms with van der Waals surface area (Å²) in [6, 6.07) is 6.77. The maximum absolute atomic E-state index is 12.9. The standard InChI is InChI=1S/C15H21FN2O/c1-10(2)15(11-3-5-12(16)6-4-11)18-14(19)9-17-13-7-8-13/h3-6,10,13,15,17H,7-9H2,1-2H3,(H,18,19). The zero-order valence-corrected chi connectivity index (χ0v) is 11.4. The van der Waals surface area contributed by atoms with E-state index in [-0.39, 0.29) is 23.7 Å². The molecule has 2 rings (SSSR count). The molecule has 4 heteroatoms. The van der Waals surface area contributed by atoms with Gasteiger partial charge in [0, 0.05) is 6.04 Å². The van der Waals surface area contributed by atoms with Crippen LogP contribution in [0.2, 0.25) is 0 Å². The number of benzene rings is 1. The van der Waals surface area contributed by atoms with Crippen LogP contribution in [0.3, 0.4) is 0 Å². The lowest BCUT2D eigenvalue weighted by atomic mass is 9.96. The fraction of sp³-hybridized carbons (Fsp3) is 0.533. The summed E-state index contributed by atoms with van der Waals surface area (Å²) in [5, 5.41) is 6.20. The third kappa shape index (κ3) is 4.31. The molecule has 1 saturated carbocycles. The van der Waals surface area contributed by atoms with Crippen molar-refractivity contribution in [2.75, 3.05) is 6.54 Å². The predicted octanol–water partition coefficient (Wildman–Crippen LogP) is 2.39. The third-order valence-corrected chi connectivity index (χ3v) is 3.34. The molecule has 104 valence electrons. The summed E-state index contributed by atoms with van der Waals surface area (Å²) >= 11 is 0. The molecule has 0 aliphatic heterocycles. The van der Waals surface area contributed by atoms with Crippen molar-refractivity contribution >= 4 is 5.91 Å². The lowest BCUT2D eigenvalue weighted by Gasteiger charge is -2.23. The number of hydrogen-bond donors (Lipinski definition) is 2. The fourth-order valence-electron chi connectivity index (χ4n) is 2.05. The highest BCUT2D eigenvalue weighted by molar-refractivity contribution is 5.78. The van der Waals surface area contributed by atoms with Gasteiger partial charge in [0.25, 0.3) is 0 Å². The number of halogens is 1. The molecular formula is C15H21FN2O. The zero-order chi connectivity index (χ0) is 13.8. The zero-order valence-electron chi connectivity index (χ0n) is 11.4. The lowest BCUT2D eigenvalue weighted by molar-refractivity contribution is -0.121. The Morgan fingerprint density at radius 2 is 1.95 bits per heavy atom. The minimum Gasteiger partial charge on any atom is -0.348 e. The normalized spacial score (nSPS) is 16.4. The van der Waals surface area contributed by atoms with Gasteiger partial charge in [-0.25, -0.2) is 4.39 Å². The first kappa shape index (κ1) is 14.0. The van der Waals surface area contributed by atoms with E-state index in [1.807, 2.05) is 13.8 Å². The van der Waals surface area contributed by atoms with Gasteiger partial charge in [-0.1, -0.05) is 26.0 Å². The highest BCUT2D eigenvalue weighted by Gasteiger charge is 2.23. The maximum Gasteiger partial charge on any atom is 0.234 e. The summed E-state index contributed by atoms with van der Waals surface area (Å²) in [5.41, 5.74) is 0.941. The van der Waals surface area contributed by atoms with Crippen molar-refractivity contribution in [3.05, 3.63) is 35.6 Å². The van der Waals surface area contributed by atoms with Crippen molar-refractivity contribution in [1.29, 1.82) is 0 Å². The van der Waals surface area contributed by atoms with E-state index in [4.69, 9.17) is 0 Å². The molecule has 19 heavy (non-hydrogen) atoms. The molecule has 3 nitrogen and oxygen atoms in total. The van der Waals surface area contributed by atoms with Gasteiger partial charge < -0.3 is 10.6 Å². The monoisotopic (exact) mass is 264 g/mol. The molecular weight excluding hydrogens is 243 g/mol. The van der Waals surface area contributed by atoms with Crippen LogP contribution in [0.15, 0.2) is 24.3 Å². The molecule has 1 atom stereocenters. The van der Waals surface area contributed by atoms with Gasteiger partial charge in [-0.15, -0.1) is 0 Å². The van der Waals surface area contributed by atoms with Crippen LogP contribution in [0.25, 0.3) is 0 Å². The second-order valence-corrected chi connectivity index (χ2v) is 5.50. The largest absolute Gasteiger partial charge is 0.348 e. The second kappa shape index (κ2) is 6.15. The molecule has 1 unspecified atom stereocenters. The van der Waals surface area contributed by atoms with E-state index in [9.17, 15) is 9.18 Å². The summed E-state index contributed by atoms with van der Waals surface area (Å²) in [5.74, 6) is -0.00163. The van der Waals surface area contributed by atoms with Crippen molar-refractivity contribution < 1.29 is 9.18 Å². The molecule has 1 aromatic carbocycles. The van der Waals surface area contributed by atoms with Crippen LogP contribution in [0.1, 0.15) is 38.3 Å². The van der Waals surface area contributed by atoms with Crippen LogP contribution in [0.5, 0.6) is 0 Å². The smallest absolute Gasteiger partial charge is 0.234 e. The van der Waals surface area contributed by atoms with Crippen LogP contribution in [0, 0.1) is 11.7 Å². The molecule has 0 aromatic heterocycles. The molecule has 0 bridgehead atoms. The molecule has 2 N–H and O–H groups in total. The summed E-state index contributed by atoms with van der Waals surface area (Å²) in [6.45, 7) is 4.44. The highest BCUT2D eigenvalue weighted by atomic mass is 19.1. The number of carbonyl (C=O) groups excluding carboxylic acids is 1. The van der Waals surface area contributed by atoms with Crippen molar-refractivity contribution in [2.24, 2.45) is 5.92 Å². The van der Waals surface area contributed by atoms with E-state index < -0.39 is 0 Å². The summed E-state index contributed by atoms with van der Waals surface area (Å²) in [4.78, 5) is 11.9. The average Bonchev–Trinajstić information content (AvgIpc) is 3.18. The minimum atomic E-state index is -0.256. The van der Waals surface area contributed by atoms with Crippen LogP contribution in [-0.2, 0) is 4.79 Å². The van der Waals surface area contributed by atoms with E-state index >= 15 is 0 Å².